The van der Waals surface area contributed by atoms with Gasteiger partial charge in [0.15, 0.2) is 0 Å². The summed E-state index contributed by atoms with van der Waals surface area (Å²) in [5.41, 5.74) is 0. The summed E-state index contributed by atoms with van der Waals surface area (Å²) in [4.78, 5) is 0. The van der Waals surface area contributed by atoms with Gasteiger partial charge in [0, 0.05) is 21.1 Å². The molecule has 0 aromatic rings. The van der Waals surface area contributed by atoms with Crippen molar-refractivity contribution in [2.45, 2.75) is 20.3 Å². The number of rotatable bonds is 1. The topological polar surface area (TPSA) is 0 Å². The van der Waals surface area contributed by atoms with Gasteiger partial charge in [0.1, 0.15) is 0 Å². The minimum Gasteiger partial charge on any atom is -0.358 e. The third kappa shape index (κ3) is 37.8. The van der Waals surface area contributed by atoms with Crippen molar-refractivity contribution in [2.75, 3.05) is 0 Å². The van der Waals surface area contributed by atoms with Crippen LogP contribution in [0.5, 0.6) is 0 Å². The maximum Gasteiger partial charge on any atom is 2.00 e. The van der Waals surface area contributed by atoms with Gasteiger partial charge in [-0.2, -0.15) is 13.3 Å². The van der Waals surface area contributed by atoms with Crippen LogP contribution in [-0.2, 0) is 42.1 Å². The molecule has 0 bridgehead atoms. The maximum atomic E-state index is 2.12. The molecule has 0 fully saturated rings. The molecule has 0 saturated carbocycles. The zero-order valence-electron chi connectivity index (χ0n) is 5.10. The minimum absolute atomic E-state index is 0. The van der Waals surface area contributed by atoms with Gasteiger partial charge in [0.25, 0.3) is 0 Å². The second-order valence-corrected chi connectivity index (χ2v) is 0.816. The van der Waals surface area contributed by atoms with E-state index in [0.29, 0.717) is 0 Å². The van der Waals surface area contributed by atoms with E-state index in [0.717, 1.165) is 0 Å². The van der Waals surface area contributed by atoms with E-state index in [1.54, 1.807) is 0 Å². The molecule has 0 atom stereocenters. The van der Waals surface area contributed by atoms with Crippen molar-refractivity contribution in [3.8, 4) is 0 Å². The summed E-state index contributed by atoms with van der Waals surface area (Å²) in [5, 5.41) is 0. The fraction of sp³-hybridized carbons (Fsp3) is 0.600. The van der Waals surface area contributed by atoms with Gasteiger partial charge in [0.05, 0.1) is 0 Å². The Balaban J connectivity index is -0.0000000150. The molecule has 0 unspecified atom stereocenters. The Morgan fingerprint density at radius 1 is 1.43 bits per heavy atom. The Labute approximate surface area is 76.0 Å². The standard InChI is InChI=1S/C4H9.CH3.2W/c1-3-4-2;;;/h3H,4H2,1-2H3;1H3;;/q2*-1;;+2. The molecule has 0 spiro atoms. The average molecular weight is 440 g/mol. The molecule has 0 radical (unpaired) electrons. The van der Waals surface area contributed by atoms with Crippen LogP contribution in [0, 0.1) is 13.8 Å². The molecule has 0 aliphatic heterocycles. The average Bonchev–Trinajstić information content (AvgIpc) is 1.37. The Bertz CT molecular complexity index is 8.04. The molecule has 0 aromatic carbocycles. The van der Waals surface area contributed by atoms with Gasteiger partial charge in [-0.25, -0.2) is 0 Å². The summed E-state index contributed by atoms with van der Waals surface area (Å²) in [5.74, 6) is 0. The van der Waals surface area contributed by atoms with Crippen LogP contribution in [0.3, 0.4) is 0 Å². The van der Waals surface area contributed by atoms with Crippen molar-refractivity contribution in [2.24, 2.45) is 0 Å². The van der Waals surface area contributed by atoms with Gasteiger partial charge in [-0.15, -0.1) is 0 Å². The van der Waals surface area contributed by atoms with Crippen LogP contribution in [0.25, 0.3) is 0 Å². The maximum absolute atomic E-state index is 2.12. The van der Waals surface area contributed by atoms with Crippen molar-refractivity contribution in [1.29, 1.82) is 0 Å². The van der Waals surface area contributed by atoms with Crippen molar-refractivity contribution >= 4 is 0 Å². The van der Waals surface area contributed by atoms with E-state index < -0.39 is 0 Å². The van der Waals surface area contributed by atoms with Gasteiger partial charge in [-0.05, 0) is 0 Å². The molecule has 0 aliphatic carbocycles. The van der Waals surface area contributed by atoms with E-state index >= 15 is 0 Å². The van der Waals surface area contributed by atoms with Gasteiger partial charge in [-0.3, -0.25) is 0 Å². The summed E-state index contributed by atoms with van der Waals surface area (Å²) in [6.45, 7) is 4.18. The quantitative estimate of drug-likeness (QED) is 0.549. The molecule has 7 heavy (non-hydrogen) atoms. The second-order valence-electron chi connectivity index (χ2n) is 0.816. The van der Waals surface area contributed by atoms with Gasteiger partial charge in [-0.1, -0.05) is 6.92 Å². The summed E-state index contributed by atoms with van der Waals surface area (Å²) in [6.07, 6.45) is 3.32. The zero-order valence-corrected chi connectivity index (χ0v) is 11.0. The molecule has 0 nitrogen and oxygen atoms in total. The van der Waals surface area contributed by atoms with Gasteiger partial charge >= 0.3 is 21.1 Å². The molecule has 0 saturated heterocycles. The first-order chi connectivity index (χ1) is 1.91. The monoisotopic (exact) mass is 440 g/mol. The predicted molar refractivity (Wildman–Crippen MR) is 26.7 cm³/mol. The third-order valence-corrected chi connectivity index (χ3v) is 0.408. The van der Waals surface area contributed by atoms with Crippen LogP contribution in [0.15, 0.2) is 0 Å². The van der Waals surface area contributed by atoms with Crippen molar-refractivity contribution in [3.63, 3.8) is 0 Å². The van der Waals surface area contributed by atoms with E-state index in [2.05, 4.69) is 20.3 Å². The largest absolute Gasteiger partial charge is 2.00 e. The van der Waals surface area contributed by atoms with Crippen LogP contribution in [0.4, 0.5) is 0 Å². The van der Waals surface area contributed by atoms with E-state index in [1.807, 2.05) is 0 Å². The van der Waals surface area contributed by atoms with E-state index in [4.69, 9.17) is 0 Å². The zero-order chi connectivity index (χ0) is 3.41. The van der Waals surface area contributed by atoms with E-state index in [9.17, 15) is 0 Å². The van der Waals surface area contributed by atoms with Crippen LogP contribution < -0.4 is 0 Å². The molecule has 0 aromatic heterocycles. The van der Waals surface area contributed by atoms with Crippen LogP contribution in [0.2, 0.25) is 0 Å². The first-order valence-electron chi connectivity index (χ1n) is 1.69. The summed E-state index contributed by atoms with van der Waals surface area (Å²) >= 11 is 0. The first kappa shape index (κ1) is 23.8. The SMILES string of the molecule is C[CH-]CC.[CH3-].[W+2].[W]. The summed E-state index contributed by atoms with van der Waals surface area (Å²) in [7, 11) is 0. The van der Waals surface area contributed by atoms with Crippen molar-refractivity contribution in [1.82, 2.24) is 0 Å². The number of unbranched alkanes of at least 4 members (excludes halogenated alkanes) is 1. The fourth-order valence-electron chi connectivity index (χ4n) is 0. The Morgan fingerprint density at radius 3 is 1.57 bits per heavy atom. The molecular weight excluding hydrogens is 428 g/mol. The molecule has 0 rings (SSSR count). The Kier molecular flexibility index (Phi) is 89.4. The number of hydrogen-bond donors (Lipinski definition) is 0. The number of hydrogen-bond acceptors (Lipinski definition) is 0. The summed E-state index contributed by atoms with van der Waals surface area (Å²) < 4.78 is 0. The Morgan fingerprint density at radius 2 is 1.57 bits per heavy atom. The van der Waals surface area contributed by atoms with Gasteiger partial charge in [0.2, 0.25) is 0 Å². The van der Waals surface area contributed by atoms with Gasteiger partial charge < -0.3 is 13.8 Å². The molecule has 0 amide bonds. The molecule has 2 heteroatoms. The van der Waals surface area contributed by atoms with Crippen LogP contribution in [0.1, 0.15) is 20.3 Å². The van der Waals surface area contributed by atoms with Crippen LogP contribution in [-0.4, -0.2) is 0 Å². The van der Waals surface area contributed by atoms with Crippen molar-refractivity contribution < 1.29 is 42.1 Å². The fourth-order valence-corrected chi connectivity index (χ4v) is 0. The molecular formula is C5H12W2. The molecule has 44 valence electrons. The third-order valence-electron chi connectivity index (χ3n) is 0.408. The molecule has 0 N–H and O–H groups in total. The van der Waals surface area contributed by atoms with E-state index in [-0.39, 0.29) is 49.6 Å². The van der Waals surface area contributed by atoms with Crippen molar-refractivity contribution in [3.05, 3.63) is 13.8 Å². The van der Waals surface area contributed by atoms with E-state index in [1.165, 1.54) is 6.42 Å². The van der Waals surface area contributed by atoms with Crippen LogP contribution >= 0.6 is 0 Å². The molecule has 0 heterocycles. The molecule has 0 aliphatic rings. The predicted octanol–water partition coefficient (Wildman–Crippen LogP) is 2.07. The Hall–Kier alpha value is 1.38. The minimum atomic E-state index is 0. The summed E-state index contributed by atoms with van der Waals surface area (Å²) in [6, 6.07) is 0. The normalized spacial score (nSPS) is 4.29. The second kappa shape index (κ2) is 26.3. The first-order valence-corrected chi connectivity index (χ1v) is 1.69. The smallest absolute Gasteiger partial charge is 0.358 e.